The number of carbonyl (C=O) groups is 1. The third-order valence-corrected chi connectivity index (χ3v) is 6.84. The van der Waals surface area contributed by atoms with Crippen LogP contribution in [0.4, 0.5) is 5.13 Å². The second kappa shape index (κ2) is 11.5. The summed E-state index contributed by atoms with van der Waals surface area (Å²) in [4.78, 5) is 18.4. The number of anilines is 1. The minimum Gasteiger partial charge on any atom is -0.493 e. The summed E-state index contributed by atoms with van der Waals surface area (Å²) in [6.07, 6.45) is 1.53. The molecule has 0 atom stereocenters. The van der Waals surface area contributed by atoms with Crippen molar-refractivity contribution >= 4 is 54.7 Å². The monoisotopic (exact) mass is 585 g/mol. The zero-order chi connectivity index (χ0) is 26.5. The van der Waals surface area contributed by atoms with Crippen molar-refractivity contribution in [3.05, 3.63) is 64.1 Å². The van der Waals surface area contributed by atoms with E-state index in [-0.39, 0.29) is 0 Å². The lowest BCUT2D eigenvalue weighted by Crippen LogP contribution is -2.25. The number of ether oxygens (including phenoxy) is 5. The summed E-state index contributed by atoms with van der Waals surface area (Å²) in [5.41, 5.74) is 1.72. The Kier molecular flexibility index (Phi) is 8.14. The van der Waals surface area contributed by atoms with Gasteiger partial charge in [0.15, 0.2) is 23.0 Å². The van der Waals surface area contributed by atoms with Gasteiger partial charge in [0.1, 0.15) is 0 Å². The molecule has 37 heavy (non-hydrogen) atoms. The lowest BCUT2D eigenvalue weighted by Gasteiger charge is -2.16. The zero-order valence-corrected chi connectivity index (χ0v) is 23.2. The molecule has 0 fully saturated rings. The number of rotatable bonds is 9. The van der Waals surface area contributed by atoms with Crippen molar-refractivity contribution in [1.82, 2.24) is 4.98 Å². The molecule has 0 saturated carbocycles. The lowest BCUT2D eigenvalue weighted by molar-refractivity contribution is 0.0987. The predicted octanol–water partition coefficient (Wildman–Crippen LogP) is 5.78. The van der Waals surface area contributed by atoms with Gasteiger partial charge >= 0.3 is 0 Å². The average molecular weight is 586 g/mol. The van der Waals surface area contributed by atoms with Crippen molar-refractivity contribution < 1.29 is 28.5 Å². The van der Waals surface area contributed by atoms with Crippen LogP contribution >= 0.6 is 27.3 Å². The molecule has 0 bridgehead atoms. The predicted molar refractivity (Wildman–Crippen MR) is 147 cm³/mol. The third-order valence-electron chi connectivity index (χ3n) is 5.35. The Morgan fingerprint density at radius 2 is 1.54 bits per heavy atom. The van der Waals surface area contributed by atoms with Crippen LogP contribution in [-0.4, -0.2) is 52.7 Å². The Bertz CT molecular complexity index is 1450. The van der Waals surface area contributed by atoms with E-state index in [0.717, 1.165) is 14.7 Å². The number of benzene rings is 3. The smallest absolute Gasteiger partial charge is 0.280 e. The topological polar surface area (TPSA) is 91.7 Å². The molecule has 9 nitrogen and oxygen atoms in total. The van der Waals surface area contributed by atoms with Gasteiger partial charge in [-0.15, -0.1) is 0 Å². The van der Waals surface area contributed by atoms with E-state index in [1.54, 1.807) is 30.3 Å². The molecule has 4 aromatic rings. The van der Waals surface area contributed by atoms with Crippen molar-refractivity contribution in [1.29, 1.82) is 0 Å². The Morgan fingerprint density at radius 1 is 0.865 bits per heavy atom. The number of hydrogen-bond acceptors (Lipinski definition) is 9. The normalized spacial score (nSPS) is 11.0. The molecule has 0 aliphatic carbocycles. The molecule has 1 heterocycles. The molecular weight excluding hydrogens is 562 g/mol. The second-order valence-corrected chi connectivity index (χ2v) is 9.42. The Morgan fingerprint density at radius 3 is 2.16 bits per heavy atom. The Labute approximate surface area is 226 Å². The fraction of sp³-hybridized carbons (Fsp3) is 0.192. The van der Waals surface area contributed by atoms with Crippen LogP contribution in [0.5, 0.6) is 28.7 Å². The number of nitrogens with zero attached hydrogens (tertiary/aromatic N) is 3. The van der Waals surface area contributed by atoms with E-state index in [1.807, 2.05) is 18.2 Å². The molecule has 0 aliphatic heterocycles. The molecular formula is C26H24BrN3O6S. The van der Waals surface area contributed by atoms with Crippen LogP contribution in [0.2, 0.25) is 0 Å². The van der Waals surface area contributed by atoms with Crippen molar-refractivity contribution in [3.8, 4) is 28.7 Å². The maximum Gasteiger partial charge on any atom is 0.280 e. The lowest BCUT2D eigenvalue weighted by atomic mass is 10.2. The van der Waals surface area contributed by atoms with Crippen molar-refractivity contribution in [3.63, 3.8) is 0 Å². The minimum absolute atomic E-state index is 0.347. The zero-order valence-electron chi connectivity index (χ0n) is 20.8. The molecule has 0 spiro atoms. The van der Waals surface area contributed by atoms with Gasteiger partial charge in [0, 0.05) is 15.6 Å². The minimum atomic E-state index is -0.400. The maximum atomic E-state index is 13.7. The Hall–Kier alpha value is -3.83. The first-order valence-corrected chi connectivity index (χ1v) is 12.5. The fourth-order valence-electron chi connectivity index (χ4n) is 3.56. The first kappa shape index (κ1) is 26.2. The van der Waals surface area contributed by atoms with E-state index in [2.05, 4.69) is 26.0 Å². The SMILES string of the molecule is COc1ccc(C(=O)N(/N=C/c2cc(OC)c(OC)c(OC)c2)c2nc3ccc(Br)cc3s2)cc1OC. The summed E-state index contributed by atoms with van der Waals surface area (Å²) >= 11 is 4.82. The first-order chi connectivity index (χ1) is 17.9. The molecule has 1 amide bonds. The van der Waals surface area contributed by atoms with E-state index in [1.165, 1.54) is 58.1 Å². The van der Waals surface area contributed by atoms with Gasteiger partial charge < -0.3 is 23.7 Å². The molecule has 192 valence electrons. The highest BCUT2D eigenvalue weighted by Crippen LogP contribution is 2.38. The van der Waals surface area contributed by atoms with E-state index in [0.29, 0.717) is 45.0 Å². The van der Waals surface area contributed by atoms with Crippen LogP contribution < -0.4 is 28.7 Å². The molecule has 11 heteroatoms. The largest absolute Gasteiger partial charge is 0.493 e. The molecule has 0 saturated heterocycles. The van der Waals surface area contributed by atoms with E-state index >= 15 is 0 Å². The van der Waals surface area contributed by atoms with Crippen molar-refractivity contribution in [2.75, 3.05) is 40.6 Å². The van der Waals surface area contributed by atoms with Gasteiger partial charge in [0.05, 0.1) is 52.0 Å². The standard InChI is InChI=1S/C26H24BrN3O6S/c1-32-19-9-6-16(12-20(19)33-2)25(31)30(26-29-18-8-7-17(27)13-23(18)37-26)28-14-15-10-21(34-3)24(36-5)22(11-15)35-4/h6-14H,1-5H3/b28-14+. The van der Waals surface area contributed by atoms with Gasteiger partial charge in [-0.2, -0.15) is 10.1 Å². The summed E-state index contributed by atoms with van der Waals surface area (Å²) in [7, 11) is 7.64. The quantitative estimate of drug-likeness (QED) is 0.181. The van der Waals surface area contributed by atoms with Gasteiger partial charge in [-0.25, -0.2) is 4.98 Å². The Balaban J connectivity index is 1.80. The van der Waals surface area contributed by atoms with Crippen LogP contribution in [0.1, 0.15) is 15.9 Å². The first-order valence-electron chi connectivity index (χ1n) is 10.9. The summed E-state index contributed by atoms with van der Waals surface area (Å²) < 4.78 is 28.8. The van der Waals surface area contributed by atoms with Crippen LogP contribution in [0.25, 0.3) is 10.2 Å². The van der Waals surface area contributed by atoms with E-state index < -0.39 is 5.91 Å². The van der Waals surface area contributed by atoms with Gasteiger partial charge in [0.2, 0.25) is 10.9 Å². The number of thiazole rings is 1. The second-order valence-electron chi connectivity index (χ2n) is 7.50. The van der Waals surface area contributed by atoms with Crippen molar-refractivity contribution in [2.45, 2.75) is 0 Å². The number of hydrogen-bond donors (Lipinski definition) is 0. The third kappa shape index (κ3) is 5.47. The maximum absolute atomic E-state index is 13.7. The van der Waals surface area contributed by atoms with Crippen LogP contribution in [0.3, 0.4) is 0 Å². The van der Waals surface area contributed by atoms with Gasteiger partial charge in [0.25, 0.3) is 5.91 Å². The highest BCUT2D eigenvalue weighted by Gasteiger charge is 2.23. The number of carbonyl (C=O) groups excluding carboxylic acids is 1. The number of hydrazone groups is 1. The summed E-state index contributed by atoms with van der Waals surface area (Å²) in [6.45, 7) is 0. The van der Waals surface area contributed by atoms with Crippen LogP contribution in [0.15, 0.2) is 58.1 Å². The molecule has 0 unspecified atom stereocenters. The highest BCUT2D eigenvalue weighted by molar-refractivity contribution is 9.10. The number of halogens is 1. The fourth-order valence-corrected chi connectivity index (χ4v) is 5.03. The summed E-state index contributed by atoms with van der Waals surface area (Å²) in [6, 6.07) is 14.1. The molecule has 1 aromatic heterocycles. The highest BCUT2D eigenvalue weighted by atomic mass is 79.9. The van der Waals surface area contributed by atoms with Gasteiger partial charge in [-0.3, -0.25) is 4.79 Å². The number of amides is 1. The molecule has 4 rings (SSSR count). The molecule has 0 N–H and O–H groups in total. The average Bonchev–Trinajstić information content (AvgIpc) is 3.34. The van der Waals surface area contributed by atoms with Crippen LogP contribution in [-0.2, 0) is 0 Å². The van der Waals surface area contributed by atoms with Crippen molar-refractivity contribution in [2.24, 2.45) is 5.10 Å². The van der Waals surface area contributed by atoms with Gasteiger partial charge in [-0.05, 0) is 48.5 Å². The number of methoxy groups -OCH3 is 5. The summed E-state index contributed by atoms with van der Waals surface area (Å²) in [5.74, 6) is 1.92. The van der Waals surface area contributed by atoms with E-state index in [4.69, 9.17) is 23.7 Å². The molecule has 3 aromatic carbocycles. The van der Waals surface area contributed by atoms with Crippen LogP contribution in [0, 0.1) is 0 Å². The van der Waals surface area contributed by atoms with E-state index in [9.17, 15) is 4.79 Å². The summed E-state index contributed by atoms with van der Waals surface area (Å²) in [5, 5.41) is 6.19. The number of aromatic nitrogens is 1. The molecule has 0 aliphatic rings. The van der Waals surface area contributed by atoms with Gasteiger partial charge in [-0.1, -0.05) is 27.3 Å². The molecule has 0 radical (unpaired) electrons. The number of fused-ring (bicyclic) bond motifs is 1.